The monoisotopic (exact) mass is 262 g/mol. The number of halogens is 4. The van der Waals surface area contributed by atoms with Crippen molar-refractivity contribution in [3.63, 3.8) is 0 Å². The molecule has 1 atom stereocenters. The second kappa shape index (κ2) is 5.45. The molecule has 0 heterocycles. The lowest BCUT2D eigenvalue weighted by Gasteiger charge is -2.25. The van der Waals surface area contributed by atoms with Crippen LogP contribution in [0.3, 0.4) is 0 Å². The number of alkyl halides is 2. The number of allylic oxidation sites excluding steroid dienone is 1. The molecular weight excluding hydrogens is 254 g/mol. The minimum Gasteiger partial charge on any atom is -0.298 e. The molecule has 76 valence electrons. The summed E-state index contributed by atoms with van der Waals surface area (Å²) in [5, 5.41) is -0.552. The molecule has 0 amide bonds. The SMILES string of the molecule is CC(C)(C(=O)CCl)C(Cl)C=C(Cl)Cl. The van der Waals surface area contributed by atoms with Crippen molar-refractivity contribution in [3.05, 3.63) is 10.6 Å². The van der Waals surface area contributed by atoms with Crippen LogP contribution in [-0.2, 0) is 4.79 Å². The molecule has 0 aromatic heterocycles. The van der Waals surface area contributed by atoms with Gasteiger partial charge in [-0.15, -0.1) is 23.2 Å². The van der Waals surface area contributed by atoms with Gasteiger partial charge < -0.3 is 0 Å². The van der Waals surface area contributed by atoms with Gasteiger partial charge in [-0.25, -0.2) is 0 Å². The zero-order valence-corrected chi connectivity index (χ0v) is 10.3. The van der Waals surface area contributed by atoms with Gasteiger partial charge >= 0.3 is 0 Å². The van der Waals surface area contributed by atoms with Gasteiger partial charge in [-0.3, -0.25) is 4.79 Å². The molecule has 1 unspecified atom stereocenters. The second-order valence-corrected chi connectivity index (χ2v) is 4.88. The molecule has 0 aliphatic carbocycles. The van der Waals surface area contributed by atoms with Gasteiger partial charge in [0.15, 0.2) is 5.78 Å². The Morgan fingerprint density at radius 3 is 2.23 bits per heavy atom. The summed E-state index contributed by atoms with van der Waals surface area (Å²) in [6, 6.07) is 0. The molecule has 5 heteroatoms. The summed E-state index contributed by atoms with van der Waals surface area (Å²) in [5.41, 5.74) is -0.752. The zero-order valence-electron chi connectivity index (χ0n) is 7.28. The molecule has 0 aromatic rings. The van der Waals surface area contributed by atoms with Crippen molar-refractivity contribution in [2.75, 3.05) is 5.88 Å². The van der Waals surface area contributed by atoms with Crippen LogP contribution in [-0.4, -0.2) is 17.0 Å². The number of ketones is 1. The quantitative estimate of drug-likeness (QED) is 0.706. The third-order valence-corrected chi connectivity index (χ3v) is 2.97. The fourth-order valence-corrected chi connectivity index (χ4v) is 1.62. The Balaban J connectivity index is 4.63. The molecule has 0 N–H and O–H groups in total. The maximum atomic E-state index is 11.3. The van der Waals surface area contributed by atoms with Gasteiger partial charge in [0.2, 0.25) is 0 Å². The van der Waals surface area contributed by atoms with Crippen molar-refractivity contribution in [3.8, 4) is 0 Å². The van der Waals surface area contributed by atoms with Crippen LogP contribution in [0.5, 0.6) is 0 Å². The van der Waals surface area contributed by atoms with Gasteiger partial charge in [0.25, 0.3) is 0 Å². The number of carbonyl (C=O) groups is 1. The number of hydrogen-bond acceptors (Lipinski definition) is 1. The number of Topliss-reactive ketones (excluding diaryl/α,β-unsaturated/α-hetero) is 1. The Kier molecular flexibility index (Phi) is 5.69. The predicted molar refractivity (Wildman–Crippen MR) is 58.9 cm³/mol. The summed E-state index contributed by atoms with van der Waals surface area (Å²) < 4.78 is 0.0513. The summed E-state index contributed by atoms with van der Waals surface area (Å²) in [6.45, 7) is 3.39. The van der Waals surface area contributed by atoms with Crippen molar-refractivity contribution in [1.29, 1.82) is 0 Å². The maximum Gasteiger partial charge on any atom is 0.154 e. The van der Waals surface area contributed by atoms with Gasteiger partial charge in [0.05, 0.1) is 11.3 Å². The largest absolute Gasteiger partial charge is 0.298 e. The van der Waals surface area contributed by atoms with Crippen LogP contribution in [0, 0.1) is 5.41 Å². The summed E-state index contributed by atoms with van der Waals surface area (Å²) in [6.07, 6.45) is 1.41. The van der Waals surface area contributed by atoms with Crippen molar-refractivity contribution < 1.29 is 4.79 Å². The Bertz CT molecular complexity index is 218. The molecule has 0 bridgehead atoms. The van der Waals surface area contributed by atoms with E-state index in [0.29, 0.717) is 0 Å². The van der Waals surface area contributed by atoms with Crippen molar-refractivity contribution in [2.24, 2.45) is 5.41 Å². The zero-order chi connectivity index (χ0) is 10.6. The fourth-order valence-electron chi connectivity index (χ4n) is 0.645. The highest BCUT2D eigenvalue weighted by molar-refractivity contribution is 6.56. The Labute approximate surface area is 98.0 Å². The third-order valence-electron chi connectivity index (χ3n) is 1.80. The lowest BCUT2D eigenvalue weighted by Crippen LogP contribution is -2.33. The lowest BCUT2D eigenvalue weighted by molar-refractivity contribution is -0.124. The Morgan fingerprint density at radius 1 is 1.46 bits per heavy atom. The van der Waals surface area contributed by atoms with Crippen LogP contribution in [0.25, 0.3) is 0 Å². The van der Waals surface area contributed by atoms with Crippen molar-refractivity contribution >= 4 is 52.2 Å². The molecule has 0 aromatic carbocycles. The van der Waals surface area contributed by atoms with E-state index >= 15 is 0 Å². The van der Waals surface area contributed by atoms with E-state index in [2.05, 4.69) is 0 Å². The van der Waals surface area contributed by atoms with Crippen LogP contribution in [0.15, 0.2) is 10.6 Å². The smallest absolute Gasteiger partial charge is 0.154 e. The van der Waals surface area contributed by atoms with Crippen LogP contribution >= 0.6 is 46.4 Å². The van der Waals surface area contributed by atoms with E-state index in [9.17, 15) is 4.79 Å². The van der Waals surface area contributed by atoms with E-state index < -0.39 is 10.8 Å². The molecule has 0 saturated carbocycles. The molecule has 0 aliphatic heterocycles. The average molecular weight is 264 g/mol. The molecule has 13 heavy (non-hydrogen) atoms. The number of carbonyl (C=O) groups excluding carboxylic acids is 1. The highest BCUT2D eigenvalue weighted by Crippen LogP contribution is 2.30. The average Bonchev–Trinajstić information content (AvgIpc) is 2.01. The normalized spacial score (nSPS) is 13.7. The molecule has 1 nitrogen and oxygen atoms in total. The van der Waals surface area contributed by atoms with Crippen LogP contribution in [0.4, 0.5) is 0 Å². The highest BCUT2D eigenvalue weighted by atomic mass is 35.5. The highest BCUT2D eigenvalue weighted by Gasteiger charge is 2.33. The molecule has 0 spiro atoms. The first kappa shape index (κ1) is 13.6. The topological polar surface area (TPSA) is 17.1 Å². The summed E-state index contributed by atoms with van der Waals surface area (Å²) in [5.74, 6) is -0.204. The van der Waals surface area contributed by atoms with Crippen LogP contribution in [0.2, 0.25) is 0 Å². The van der Waals surface area contributed by atoms with E-state index in [1.165, 1.54) is 6.08 Å². The standard InChI is InChI=1S/C8H10Cl4O/c1-8(2,6(13)4-9)5(10)3-7(11)12/h3,5H,4H2,1-2H3. The summed E-state index contributed by atoms with van der Waals surface area (Å²) >= 11 is 22.2. The molecule has 0 rings (SSSR count). The molecular formula is C8H10Cl4O. The van der Waals surface area contributed by atoms with Crippen LogP contribution < -0.4 is 0 Å². The second-order valence-electron chi connectivity index (χ2n) is 3.14. The van der Waals surface area contributed by atoms with E-state index in [4.69, 9.17) is 46.4 Å². The first-order chi connectivity index (χ1) is 5.82. The van der Waals surface area contributed by atoms with Gasteiger partial charge in [0, 0.05) is 5.41 Å². The minimum atomic E-state index is -0.752. The Hall–Kier alpha value is 0.570. The molecule has 0 saturated heterocycles. The van der Waals surface area contributed by atoms with Gasteiger partial charge in [0.1, 0.15) is 4.49 Å². The van der Waals surface area contributed by atoms with Gasteiger partial charge in [-0.2, -0.15) is 0 Å². The van der Waals surface area contributed by atoms with E-state index in [1.807, 2.05) is 0 Å². The van der Waals surface area contributed by atoms with Gasteiger partial charge in [-0.1, -0.05) is 37.0 Å². The summed E-state index contributed by atoms with van der Waals surface area (Å²) in [7, 11) is 0. The third kappa shape index (κ3) is 4.07. The van der Waals surface area contributed by atoms with E-state index in [1.54, 1.807) is 13.8 Å². The first-order valence-corrected chi connectivity index (χ1v) is 5.31. The molecule has 0 aliphatic rings. The molecule has 0 fully saturated rings. The molecule has 0 radical (unpaired) electrons. The summed E-state index contributed by atoms with van der Waals surface area (Å²) in [4.78, 5) is 11.3. The van der Waals surface area contributed by atoms with Crippen molar-refractivity contribution in [1.82, 2.24) is 0 Å². The van der Waals surface area contributed by atoms with Crippen LogP contribution in [0.1, 0.15) is 13.8 Å². The number of hydrogen-bond donors (Lipinski definition) is 0. The fraction of sp³-hybridized carbons (Fsp3) is 0.625. The lowest BCUT2D eigenvalue weighted by atomic mass is 9.85. The minimum absolute atomic E-state index is 0.0513. The number of rotatable bonds is 4. The maximum absolute atomic E-state index is 11.3. The first-order valence-electron chi connectivity index (χ1n) is 3.58. The Morgan fingerprint density at radius 2 is 1.92 bits per heavy atom. The van der Waals surface area contributed by atoms with Gasteiger partial charge in [-0.05, 0) is 6.08 Å². The van der Waals surface area contributed by atoms with E-state index in [0.717, 1.165) is 0 Å². The predicted octanol–water partition coefficient (Wildman–Crippen LogP) is 3.75. The van der Waals surface area contributed by atoms with E-state index in [-0.39, 0.29) is 16.2 Å². The van der Waals surface area contributed by atoms with Crippen molar-refractivity contribution in [2.45, 2.75) is 19.2 Å².